The van der Waals surface area contributed by atoms with Crippen molar-refractivity contribution in [3.05, 3.63) is 65.0 Å². The third-order valence-corrected chi connectivity index (χ3v) is 3.81. The summed E-state index contributed by atoms with van der Waals surface area (Å²) < 4.78 is 0. The van der Waals surface area contributed by atoms with Crippen LogP contribution in [0.5, 0.6) is 0 Å². The topological polar surface area (TPSA) is 31.2 Å². The number of benzene rings is 2. The molecule has 95 valence electrons. The van der Waals surface area contributed by atoms with Crippen molar-refractivity contribution in [2.45, 2.75) is 5.92 Å². The normalized spacial score (nSPS) is 12.7. The molecular formula is C15H12NNpOS-. The molecule has 1 aliphatic heterocycles. The van der Waals surface area contributed by atoms with Crippen LogP contribution in [0.3, 0.4) is 0 Å². The predicted octanol–water partition coefficient (Wildman–Crippen LogP) is 4.36. The van der Waals surface area contributed by atoms with Crippen molar-refractivity contribution in [2.24, 2.45) is 0 Å². The van der Waals surface area contributed by atoms with Gasteiger partial charge >= 0.3 is 0 Å². The molecule has 0 atom stereocenters. The molecular weight excluding hydrogens is 479 g/mol. The van der Waals surface area contributed by atoms with Gasteiger partial charge in [0.25, 0.3) is 0 Å². The quantitative estimate of drug-likeness (QED) is 0.594. The molecule has 0 unspecified atom stereocenters. The van der Waals surface area contributed by atoms with Crippen molar-refractivity contribution in [3.63, 3.8) is 0 Å². The first-order valence-electron chi connectivity index (χ1n) is 5.78. The van der Waals surface area contributed by atoms with Crippen LogP contribution in [-0.2, 0) is 4.79 Å². The average molecular weight is 491 g/mol. The van der Waals surface area contributed by atoms with Crippen LogP contribution in [0.4, 0.5) is 11.4 Å². The molecule has 0 saturated carbocycles. The van der Waals surface area contributed by atoms with E-state index in [4.69, 9.17) is 0 Å². The molecule has 2 aromatic carbocycles. The molecule has 2 nitrogen and oxygen atoms in total. The van der Waals surface area contributed by atoms with Crippen LogP contribution in [0.2, 0.25) is 0 Å². The SMILES string of the molecule is CSC(=O)C1c2ccccc2[N-]c2ccccc21.[Np]. The molecule has 1 radical (unpaired) electrons. The van der Waals surface area contributed by atoms with Crippen LogP contribution in [0.25, 0.3) is 5.32 Å². The van der Waals surface area contributed by atoms with E-state index >= 15 is 0 Å². The van der Waals surface area contributed by atoms with Crippen LogP contribution < -0.4 is 0 Å². The van der Waals surface area contributed by atoms with Gasteiger partial charge in [0.15, 0.2) is 5.12 Å². The van der Waals surface area contributed by atoms with Gasteiger partial charge in [-0.3, -0.25) is 4.79 Å². The molecule has 0 bridgehead atoms. The molecule has 0 aliphatic carbocycles. The smallest absolute Gasteiger partial charge is 0.200 e. The number of para-hydroxylation sites is 2. The van der Waals surface area contributed by atoms with Gasteiger partial charge < -0.3 is 5.32 Å². The Morgan fingerprint density at radius 2 is 1.47 bits per heavy atom. The van der Waals surface area contributed by atoms with Gasteiger partial charge in [-0.1, -0.05) is 60.3 Å². The first-order valence-corrected chi connectivity index (χ1v) is 7.01. The van der Waals surface area contributed by atoms with E-state index in [1.165, 1.54) is 11.8 Å². The zero-order valence-electron chi connectivity index (χ0n) is 10.4. The first kappa shape index (κ1) is 14.7. The molecule has 0 amide bonds. The largest absolute Gasteiger partial charge is 0.657 e. The second-order valence-electron chi connectivity index (χ2n) is 4.19. The minimum absolute atomic E-state index is 0. The van der Waals surface area contributed by atoms with Crippen LogP contribution in [0.1, 0.15) is 17.0 Å². The van der Waals surface area contributed by atoms with Gasteiger partial charge in [-0.25, -0.2) is 0 Å². The predicted molar refractivity (Wildman–Crippen MR) is 75.9 cm³/mol. The van der Waals surface area contributed by atoms with Crippen molar-refractivity contribution in [1.82, 2.24) is 0 Å². The molecule has 1 aliphatic rings. The number of hydrogen-bond acceptors (Lipinski definition) is 2. The van der Waals surface area contributed by atoms with Gasteiger partial charge in [0, 0.05) is 29.9 Å². The van der Waals surface area contributed by atoms with E-state index in [2.05, 4.69) is 5.32 Å². The average Bonchev–Trinajstić information content (AvgIpc) is 2.44. The summed E-state index contributed by atoms with van der Waals surface area (Å²) in [6, 6.07) is 15.7. The zero-order valence-corrected chi connectivity index (χ0v) is 14.9. The number of hydrogen-bond donors (Lipinski definition) is 0. The van der Waals surface area contributed by atoms with Crippen molar-refractivity contribution >= 4 is 28.3 Å². The summed E-state index contributed by atoms with van der Waals surface area (Å²) >= 11 is 1.28. The molecule has 1 heterocycles. The molecule has 0 N–H and O–H groups in total. The summed E-state index contributed by atoms with van der Waals surface area (Å²) in [5.41, 5.74) is 3.83. The maximum Gasteiger partial charge on any atom is 0.200 e. The second-order valence-corrected chi connectivity index (χ2v) is 5.00. The Balaban J connectivity index is 0.00000133. The number of carbonyl (C=O) groups is 1. The van der Waals surface area contributed by atoms with E-state index in [1.54, 1.807) is 0 Å². The van der Waals surface area contributed by atoms with Crippen molar-refractivity contribution in [2.75, 3.05) is 6.26 Å². The fourth-order valence-corrected chi connectivity index (χ4v) is 2.83. The third-order valence-electron chi connectivity index (χ3n) is 3.17. The Morgan fingerprint density at radius 1 is 1.00 bits per heavy atom. The van der Waals surface area contributed by atoms with Crippen molar-refractivity contribution in [1.29, 1.82) is 0 Å². The summed E-state index contributed by atoms with van der Waals surface area (Å²) in [7, 11) is 0. The van der Waals surface area contributed by atoms with Gasteiger partial charge in [0.05, 0.1) is 5.92 Å². The van der Waals surface area contributed by atoms with Crippen LogP contribution in [0, 0.1) is 29.9 Å². The van der Waals surface area contributed by atoms with Gasteiger partial charge in [0.1, 0.15) is 0 Å². The fraction of sp³-hybridized carbons (Fsp3) is 0.133. The fourth-order valence-electron chi connectivity index (χ4n) is 2.34. The Hall–Kier alpha value is -0.727. The molecule has 3 rings (SSSR count). The Kier molecular flexibility index (Phi) is 4.75. The number of rotatable bonds is 1. The number of nitrogens with zero attached hydrogens (tertiary/aromatic N) is 1. The second kappa shape index (κ2) is 6.15. The number of carbonyl (C=O) groups excluding carboxylic acids is 1. The van der Waals surface area contributed by atoms with E-state index in [0.717, 1.165) is 22.5 Å². The number of fused-ring (bicyclic) bond motifs is 2. The molecule has 0 saturated heterocycles. The molecule has 0 aromatic heterocycles. The zero-order chi connectivity index (χ0) is 12.5. The first-order chi connectivity index (χ1) is 8.81. The van der Waals surface area contributed by atoms with E-state index in [1.807, 2.05) is 54.8 Å². The molecule has 2 aromatic rings. The molecule has 4 heteroatoms. The minimum Gasteiger partial charge on any atom is -0.657 e. The summed E-state index contributed by atoms with van der Waals surface area (Å²) in [5.74, 6) is -0.190. The summed E-state index contributed by atoms with van der Waals surface area (Å²) in [5, 5.41) is 4.79. The monoisotopic (exact) mass is 490 g/mol. The van der Waals surface area contributed by atoms with Crippen LogP contribution >= 0.6 is 11.8 Å². The van der Waals surface area contributed by atoms with Gasteiger partial charge in [-0.2, -0.15) is 0 Å². The van der Waals surface area contributed by atoms with Gasteiger partial charge in [-0.15, -0.1) is 11.4 Å². The molecule has 19 heavy (non-hydrogen) atoms. The van der Waals surface area contributed by atoms with E-state index in [9.17, 15) is 4.79 Å². The summed E-state index contributed by atoms with van der Waals surface area (Å²) in [6.45, 7) is 0. The van der Waals surface area contributed by atoms with Gasteiger partial charge in [-0.05, 0) is 17.4 Å². The maximum atomic E-state index is 12.2. The Morgan fingerprint density at radius 3 is 1.95 bits per heavy atom. The Bertz CT molecular complexity index is 569. The molecule has 0 fully saturated rings. The minimum atomic E-state index is -0.190. The van der Waals surface area contributed by atoms with Gasteiger partial charge in [0.2, 0.25) is 0 Å². The van der Waals surface area contributed by atoms with Crippen LogP contribution in [0.15, 0.2) is 48.5 Å². The number of thioether (sulfide) groups is 1. The van der Waals surface area contributed by atoms with E-state index in [-0.39, 0.29) is 41.0 Å². The van der Waals surface area contributed by atoms with Crippen LogP contribution in [-0.4, -0.2) is 11.4 Å². The maximum absolute atomic E-state index is 12.2. The third kappa shape index (κ3) is 2.61. The standard InChI is InChI=1S/C15H12NOS.Np/c1-18-15(17)14-10-6-2-4-8-12(10)16-13-9-5-3-7-11(13)14;/h2-9,14H,1H3;/q-1;. The summed E-state index contributed by atoms with van der Waals surface area (Å²) in [6.07, 6.45) is 1.83. The van der Waals surface area contributed by atoms with E-state index in [0.29, 0.717) is 0 Å². The summed E-state index contributed by atoms with van der Waals surface area (Å²) in [4.78, 5) is 12.2. The Labute approximate surface area is 139 Å². The van der Waals surface area contributed by atoms with Crippen molar-refractivity contribution < 1.29 is 34.7 Å². The van der Waals surface area contributed by atoms with E-state index < -0.39 is 0 Å². The van der Waals surface area contributed by atoms with Crippen molar-refractivity contribution in [3.8, 4) is 0 Å². The molecule has 0 spiro atoms.